The molecule has 2 aliphatic heterocycles. The summed E-state index contributed by atoms with van der Waals surface area (Å²) in [7, 11) is -3.44. The van der Waals surface area contributed by atoms with E-state index in [1.807, 2.05) is 60.7 Å². The third-order valence-corrected chi connectivity index (χ3v) is 9.29. The Balaban J connectivity index is 1.22. The van der Waals surface area contributed by atoms with Gasteiger partial charge in [0.1, 0.15) is 5.60 Å². The Labute approximate surface area is 219 Å². The Morgan fingerprint density at radius 2 is 1.51 bits per heavy atom. The molecule has 3 aromatic carbocycles. The molecule has 194 valence electrons. The van der Waals surface area contributed by atoms with Gasteiger partial charge in [0.15, 0.2) is 0 Å². The van der Waals surface area contributed by atoms with E-state index in [4.69, 9.17) is 4.74 Å². The number of ether oxygens (including phenoxy) is 1. The van der Waals surface area contributed by atoms with Crippen LogP contribution in [-0.2, 0) is 33.5 Å². The molecule has 6 nitrogen and oxygen atoms in total. The number of piperidine rings is 1. The van der Waals surface area contributed by atoms with Gasteiger partial charge in [-0.15, -0.1) is 0 Å². The topological polar surface area (TPSA) is 66.9 Å². The van der Waals surface area contributed by atoms with E-state index in [-0.39, 0.29) is 11.8 Å². The van der Waals surface area contributed by atoms with E-state index in [0.717, 1.165) is 35.1 Å². The third-order valence-electron chi connectivity index (χ3n) is 7.44. The monoisotopic (exact) mass is 518 g/mol. The first-order chi connectivity index (χ1) is 17.9. The van der Waals surface area contributed by atoms with Gasteiger partial charge in [0.05, 0.1) is 12.3 Å². The van der Waals surface area contributed by atoms with Crippen molar-refractivity contribution >= 4 is 16.1 Å². The molecule has 0 saturated carbocycles. The molecule has 0 radical (unpaired) electrons. The molecule has 0 aromatic heterocycles. The molecule has 0 N–H and O–H groups in total. The number of hydrogen-bond acceptors (Lipinski definition) is 4. The average Bonchev–Trinajstić information content (AvgIpc) is 3.20. The van der Waals surface area contributed by atoms with Gasteiger partial charge in [0, 0.05) is 32.5 Å². The number of carbonyl (C=O) groups is 1. The molecule has 37 heavy (non-hydrogen) atoms. The van der Waals surface area contributed by atoms with Crippen molar-refractivity contribution in [2.24, 2.45) is 0 Å². The highest BCUT2D eigenvalue weighted by atomic mass is 32.2. The first-order valence-corrected chi connectivity index (χ1v) is 14.7. The highest BCUT2D eigenvalue weighted by molar-refractivity contribution is 7.88. The van der Waals surface area contributed by atoms with Gasteiger partial charge < -0.3 is 4.74 Å². The van der Waals surface area contributed by atoms with Crippen molar-refractivity contribution in [2.75, 3.05) is 19.6 Å². The van der Waals surface area contributed by atoms with Gasteiger partial charge in [-0.05, 0) is 34.2 Å². The van der Waals surface area contributed by atoms with Crippen LogP contribution in [0.1, 0.15) is 42.9 Å². The van der Waals surface area contributed by atoms with E-state index < -0.39 is 15.6 Å². The van der Waals surface area contributed by atoms with Crippen molar-refractivity contribution in [3.63, 3.8) is 0 Å². The van der Waals surface area contributed by atoms with Gasteiger partial charge in [-0.2, -0.15) is 0 Å². The second-order valence-corrected chi connectivity index (χ2v) is 12.1. The molecule has 3 aromatic rings. The van der Waals surface area contributed by atoms with Gasteiger partial charge in [-0.25, -0.2) is 17.5 Å². The first-order valence-electron chi connectivity index (χ1n) is 13.0. The van der Waals surface area contributed by atoms with E-state index in [1.165, 1.54) is 5.56 Å². The van der Waals surface area contributed by atoms with Gasteiger partial charge in [-0.1, -0.05) is 92.2 Å². The molecule has 2 heterocycles. The molecule has 0 bridgehead atoms. The fourth-order valence-corrected chi connectivity index (χ4v) is 6.94. The highest BCUT2D eigenvalue weighted by Crippen LogP contribution is 2.36. The largest absolute Gasteiger partial charge is 0.441 e. The van der Waals surface area contributed by atoms with Gasteiger partial charge in [0.2, 0.25) is 10.0 Å². The molecule has 5 rings (SSSR count). The quantitative estimate of drug-likeness (QED) is 0.388. The number of amides is 1. The number of carbonyl (C=O) groups excluding carboxylic acids is 1. The number of nitrogens with zero attached hydrogens (tertiary/aromatic N) is 2. The lowest BCUT2D eigenvalue weighted by Crippen LogP contribution is -2.48. The van der Waals surface area contributed by atoms with E-state index in [2.05, 4.69) is 25.1 Å². The van der Waals surface area contributed by atoms with Crippen LogP contribution in [0.15, 0.2) is 78.9 Å². The predicted octanol–water partition coefficient (Wildman–Crippen LogP) is 5.62. The number of aryl methyl sites for hydroxylation is 1. The summed E-state index contributed by atoms with van der Waals surface area (Å²) < 4.78 is 33.7. The summed E-state index contributed by atoms with van der Waals surface area (Å²) in [4.78, 5) is 14.6. The van der Waals surface area contributed by atoms with Crippen molar-refractivity contribution < 1.29 is 17.9 Å². The fraction of sp³-hybridized carbons (Fsp3) is 0.367. The number of rotatable bonds is 8. The zero-order valence-corrected chi connectivity index (χ0v) is 22.1. The Morgan fingerprint density at radius 1 is 0.865 bits per heavy atom. The maximum absolute atomic E-state index is 13.1. The van der Waals surface area contributed by atoms with E-state index in [0.29, 0.717) is 39.0 Å². The van der Waals surface area contributed by atoms with Gasteiger partial charge >= 0.3 is 6.09 Å². The van der Waals surface area contributed by atoms with Crippen molar-refractivity contribution in [1.82, 2.24) is 9.21 Å². The molecule has 2 saturated heterocycles. The molecule has 0 unspecified atom stereocenters. The van der Waals surface area contributed by atoms with Gasteiger partial charge in [-0.3, -0.25) is 4.90 Å². The Bertz CT molecular complexity index is 1330. The lowest BCUT2D eigenvalue weighted by molar-refractivity contribution is 0.0172. The second-order valence-electron chi connectivity index (χ2n) is 10.2. The second kappa shape index (κ2) is 10.7. The minimum atomic E-state index is -3.44. The maximum atomic E-state index is 13.1. The Kier molecular flexibility index (Phi) is 7.36. The Morgan fingerprint density at radius 3 is 2.22 bits per heavy atom. The summed E-state index contributed by atoms with van der Waals surface area (Å²) in [6.45, 7) is 3.78. The molecule has 1 spiro atoms. The van der Waals surface area contributed by atoms with Crippen molar-refractivity contribution in [3.8, 4) is 11.1 Å². The van der Waals surface area contributed by atoms with Crippen LogP contribution in [0.4, 0.5) is 4.79 Å². The number of benzene rings is 3. The zero-order chi connectivity index (χ0) is 25.9. The van der Waals surface area contributed by atoms with E-state index >= 15 is 0 Å². The van der Waals surface area contributed by atoms with Crippen LogP contribution in [0.25, 0.3) is 11.1 Å². The minimum absolute atomic E-state index is 0.00537. The summed E-state index contributed by atoms with van der Waals surface area (Å²) in [6, 6.07) is 26.1. The van der Waals surface area contributed by atoms with Crippen molar-refractivity contribution in [3.05, 3.63) is 95.6 Å². The summed E-state index contributed by atoms with van der Waals surface area (Å²) in [6.07, 6.45) is 2.74. The molecule has 7 heteroatoms. The normalized spacial score (nSPS) is 17.8. The lowest BCUT2D eigenvalue weighted by atomic mass is 9.92. The lowest BCUT2D eigenvalue weighted by Gasteiger charge is -2.36. The molecule has 2 fully saturated rings. The highest BCUT2D eigenvalue weighted by Gasteiger charge is 2.48. The SMILES string of the molecule is CCCc1ccc(CS(=O)(=O)N2CCC3(CC2)CN(Cc2ccccc2-c2ccccc2)C(=O)O3)cc1. The summed E-state index contributed by atoms with van der Waals surface area (Å²) in [5.74, 6) is -0.00537. The minimum Gasteiger partial charge on any atom is -0.441 e. The molecule has 0 atom stereocenters. The Hall–Kier alpha value is -3.16. The number of hydrogen-bond donors (Lipinski definition) is 0. The van der Waals surface area contributed by atoms with Crippen LogP contribution in [0.2, 0.25) is 0 Å². The van der Waals surface area contributed by atoms with E-state index in [9.17, 15) is 13.2 Å². The maximum Gasteiger partial charge on any atom is 0.410 e. The zero-order valence-electron chi connectivity index (χ0n) is 21.3. The molecular weight excluding hydrogens is 484 g/mol. The van der Waals surface area contributed by atoms with E-state index in [1.54, 1.807) is 9.21 Å². The van der Waals surface area contributed by atoms with Crippen LogP contribution in [0.5, 0.6) is 0 Å². The van der Waals surface area contributed by atoms with Crippen LogP contribution in [-0.4, -0.2) is 49.0 Å². The van der Waals surface area contributed by atoms with Crippen LogP contribution < -0.4 is 0 Å². The molecular formula is C30H34N2O4S. The summed E-state index contributed by atoms with van der Waals surface area (Å²) >= 11 is 0. The predicted molar refractivity (Wildman–Crippen MR) is 145 cm³/mol. The summed E-state index contributed by atoms with van der Waals surface area (Å²) in [5, 5.41) is 0. The van der Waals surface area contributed by atoms with Crippen LogP contribution in [0.3, 0.4) is 0 Å². The molecule has 2 aliphatic rings. The van der Waals surface area contributed by atoms with Crippen LogP contribution in [0, 0.1) is 0 Å². The number of sulfonamides is 1. The first kappa shape index (κ1) is 25.5. The standard InChI is InChI=1S/C30H34N2O4S/c1-2-8-24-13-15-25(16-14-24)22-37(34,35)32-19-17-30(18-20-32)23-31(29(33)36-30)21-27-11-6-7-12-28(27)26-9-4-3-5-10-26/h3-7,9-16H,2,8,17-23H2,1H3. The summed E-state index contributed by atoms with van der Waals surface area (Å²) in [5.41, 5.74) is 4.66. The smallest absolute Gasteiger partial charge is 0.410 e. The molecule has 0 aliphatic carbocycles. The third kappa shape index (κ3) is 5.73. The van der Waals surface area contributed by atoms with Crippen LogP contribution >= 0.6 is 0 Å². The van der Waals surface area contributed by atoms with Crippen molar-refractivity contribution in [2.45, 2.75) is 50.5 Å². The van der Waals surface area contributed by atoms with Gasteiger partial charge in [0.25, 0.3) is 0 Å². The molecule has 1 amide bonds. The van der Waals surface area contributed by atoms with Crippen molar-refractivity contribution in [1.29, 1.82) is 0 Å². The average molecular weight is 519 g/mol. The fourth-order valence-electron chi connectivity index (χ4n) is 5.40.